The van der Waals surface area contributed by atoms with Crippen molar-refractivity contribution in [3.63, 3.8) is 0 Å². The van der Waals surface area contributed by atoms with Crippen LogP contribution in [0.1, 0.15) is 43.7 Å². The van der Waals surface area contributed by atoms with E-state index < -0.39 is 0 Å². The smallest absolute Gasteiger partial charge is 0.410 e. The highest BCUT2D eigenvalue weighted by molar-refractivity contribution is 5.70. The van der Waals surface area contributed by atoms with Gasteiger partial charge in [0.1, 0.15) is 29.7 Å². The van der Waals surface area contributed by atoms with Crippen molar-refractivity contribution in [1.29, 1.82) is 0 Å². The minimum Gasteiger partial charge on any atom is -0.474 e. The van der Waals surface area contributed by atoms with Crippen LogP contribution in [0.2, 0.25) is 0 Å². The fraction of sp³-hybridized carbons (Fsp3) is 0.542. The molecule has 0 radical (unpaired) electrons. The molecule has 2 aliphatic heterocycles. The quantitative estimate of drug-likeness (QED) is 0.719. The number of hydrogen-bond acceptors (Lipinski definition) is 7. The van der Waals surface area contributed by atoms with Crippen molar-refractivity contribution in [2.45, 2.75) is 70.2 Å². The number of halogens is 1. The molecular formula is C24H29FN4O4. The molecule has 1 N–H and O–H groups in total. The molecule has 0 spiro atoms. The van der Waals surface area contributed by atoms with Gasteiger partial charge in [0, 0.05) is 12.8 Å². The molecule has 2 bridgehead atoms. The number of piperidine rings is 1. The number of fused-ring (bicyclic) bond motifs is 2. The highest BCUT2D eigenvalue weighted by Crippen LogP contribution is 2.41. The predicted octanol–water partition coefficient (Wildman–Crippen LogP) is 4.28. The third kappa shape index (κ3) is 4.59. The first-order valence-electron chi connectivity index (χ1n) is 11.4. The number of anilines is 2. The van der Waals surface area contributed by atoms with Crippen LogP contribution in [0.15, 0.2) is 24.5 Å². The Morgan fingerprint density at radius 1 is 1.21 bits per heavy atom. The van der Waals surface area contributed by atoms with E-state index in [2.05, 4.69) is 15.3 Å². The molecule has 1 aromatic carbocycles. The van der Waals surface area contributed by atoms with Crippen molar-refractivity contribution >= 4 is 17.6 Å². The maximum absolute atomic E-state index is 14.3. The number of rotatable bonds is 5. The molecule has 33 heavy (non-hydrogen) atoms. The Kier molecular flexibility index (Phi) is 5.60. The Balaban J connectivity index is 1.28. The highest BCUT2D eigenvalue weighted by atomic mass is 19.1. The molecule has 176 valence electrons. The molecule has 2 unspecified atom stereocenters. The van der Waals surface area contributed by atoms with Gasteiger partial charge in [-0.25, -0.2) is 19.2 Å². The lowest BCUT2D eigenvalue weighted by atomic mass is 9.92. The van der Waals surface area contributed by atoms with Crippen LogP contribution >= 0.6 is 0 Å². The number of nitrogens with one attached hydrogen (secondary N) is 1. The zero-order chi connectivity index (χ0) is 23.2. The number of aryl methyl sites for hydroxylation is 1. The highest BCUT2D eigenvalue weighted by Gasteiger charge is 2.48. The summed E-state index contributed by atoms with van der Waals surface area (Å²) in [6.45, 7) is 6.58. The molecule has 2 aromatic rings. The maximum atomic E-state index is 14.3. The average Bonchev–Trinajstić information content (AvgIpc) is 3.48. The first-order valence-corrected chi connectivity index (χ1v) is 11.4. The van der Waals surface area contributed by atoms with Crippen LogP contribution in [-0.2, 0) is 9.47 Å². The van der Waals surface area contributed by atoms with Crippen molar-refractivity contribution in [2.24, 2.45) is 0 Å². The molecule has 1 aliphatic carbocycles. The molecule has 3 aliphatic rings. The fourth-order valence-corrected chi connectivity index (χ4v) is 4.49. The first-order chi connectivity index (χ1) is 15.8. The van der Waals surface area contributed by atoms with Gasteiger partial charge in [0.2, 0.25) is 5.88 Å². The standard InChI is InChI=1S/C24H29FN4O4/c1-14-4-5-20(19(25)8-14)28-21-15(2)22(27-13-26-21)32-18-9-16-11-31-12-17(10-18)29(16)23(30)33-24(3)6-7-24/h4-5,8,13,16-18H,6-7,9-12H2,1-3H3,(H,26,27,28). The molecule has 9 heteroatoms. The molecule has 2 saturated heterocycles. The number of ether oxygens (including phenoxy) is 3. The van der Waals surface area contributed by atoms with Gasteiger partial charge in [-0.05, 0) is 51.3 Å². The molecule has 1 amide bonds. The van der Waals surface area contributed by atoms with Gasteiger partial charge in [0.25, 0.3) is 0 Å². The van der Waals surface area contributed by atoms with E-state index in [0.717, 1.165) is 18.4 Å². The molecule has 3 heterocycles. The van der Waals surface area contributed by atoms with Crippen LogP contribution in [0.5, 0.6) is 5.88 Å². The van der Waals surface area contributed by atoms with Gasteiger partial charge in [-0.1, -0.05) is 6.07 Å². The van der Waals surface area contributed by atoms with E-state index in [-0.39, 0.29) is 35.7 Å². The Morgan fingerprint density at radius 2 is 1.94 bits per heavy atom. The molecular weight excluding hydrogens is 427 g/mol. The number of hydrogen-bond donors (Lipinski definition) is 1. The Bertz CT molecular complexity index is 1050. The van der Waals surface area contributed by atoms with E-state index in [0.29, 0.717) is 49.0 Å². The van der Waals surface area contributed by atoms with Gasteiger partial charge in [-0.3, -0.25) is 4.90 Å². The topological polar surface area (TPSA) is 85.8 Å². The van der Waals surface area contributed by atoms with Crippen LogP contribution in [-0.4, -0.2) is 58.0 Å². The lowest BCUT2D eigenvalue weighted by Gasteiger charge is -2.47. The van der Waals surface area contributed by atoms with E-state index in [9.17, 15) is 9.18 Å². The number of amides is 1. The van der Waals surface area contributed by atoms with E-state index in [4.69, 9.17) is 14.2 Å². The monoisotopic (exact) mass is 456 g/mol. The molecule has 5 rings (SSSR count). The van der Waals surface area contributed by atoms with Crippen molar-refractivity contribution in [1.82, 2.24) is 14.9 Å². The summed E-state index contributed by atoms with van der Waals surface area (Å²) in [7, 11) is 0. The minimum absolute atomic E-state index is 0.0984. The summed E-state index contributed by atoms with van der Waals surface area (Å²) in [5.41, 5.74) is 1.58. The molecule has 2 atom stereocenters. The van der Waals surface area contributed by atoms with Gasteiger partial charge in [-0.2, -0.15) is 0 Å². The number of benzene rings is 1. The minimum atomic E-state index is -0.345. The molecule has 8 nitrogen and oxygen atoms in total. The number of carbonyl (C=O) groups is 1. The maximum Gasteiger partial charge on any atom is 0.410 e. The van der Waals surface area contributed by atoms with Gasteiger partial charge in [-0.15, -0.1) is 0 Å². The Morgan fingerprint density at radius 3 is 2.61 bits per heavy atom. The van der Waals surface area contributed by atoms with Crippen LogP contribution in [0.3, 0.4) is 0 Å². The van der Waals surface area contributed by atoms with Crippen molar-refractivity contribution in [2.75, 3.05) is 18.5 Å². The van der Waals surface area contributed by atoms with Gasteiger partial charge in [0.05, 0.1) is 36.5 Å². The van der Waals surface area contributed by atoms with E-state index >= 15 is 0 Å². The summed E-state index contributed by atoms with van der Waals surface area (Å²) in [6.07, 6.45) is 4.12. The Hall–Kier alpha value is -2.94. The summed E-state index contributed by atoms with van der Waals surface area (Å²) in [5.74, 6) is 0.595. The van der Waals surface area contributed by atoms with E-state index in [1.165, 1.54) is 12.4 Å². The molecule has 1 saturated carbocycles. The summed E-state index contributed by atoms with van der Waals surface area (Å²) in [6, 6.07) is 4.80. The van der Waals surface area contributed by atoms with Crippen LogP contribution in [0.25, 0.3) is 0 Å². The molecule has 3 fully saturated rings. The SMILES string of the molecule is Cc1ccc(Nc2ncnc(OC3CC4COCC(C3)N4C(=O)OC3(C)CC3)c2C)c(F)c1. The second kappa shape index (κ2) is 8.44. The van der Waals surface area contributed by atoms with Crippen molar-refractivity contribution in [3.8, 4) is 5.88 Å². The number of aromatic nitrogens is 2. The van der Waals surface area contributed by atoms with Crippen molar-refractivity contribution < 1.29 is 23.4 Å². The van der Waals surface area contributed by atoms with Gasteiger partial charge < -0.3 is 19.5 Å². The zero-order valence-corrected chi connectivity index (χ0v) is 19.1. The lowest BCUT2D eigenvalue weighted by Crippen LogP contribution is -2.61. The summed E-state index contributed by atoms with van der Waals surface area (Å²) < 4.78 is 32.0. The largest absolute Gasteiger partial charge is 0.474 e. The number of morpholine rings is 1. The third-order valence-electron chi connectivity index (χ3n) is 6.67. The second-order valence-corrected chi connectivity index (χ2v) is 9.54. The normalized spacial score (nSPS) is 25.3. The fourth-order valence-electron chi connectivity index (χ4n) is 4.49. The zero-order valence-electron chi connectivity index (χ0n) is 19.1. The predicted molar refractivity (Wildman–Crippen MR) is 119 cm³/mol. The first kappa shape index (κ1) is 21.9. The Labute approximate surface area is 192 Å². The average molecular weight is 457 g/mol. The van der Waals surface area contributed by atoms with E-state index in [1.54, 1.807) is 6.07 Å². The van der Waals surface area contributed by atoms with Crippen LogP contribution < -0.4 is 10.1 Å². The lowest BCUT2D eigenvalue weighted by molar-refractivity contribution is -0.0956. The number of carbonyl (C=O) groups excluding carboxylic acids is 1. The summed E-state index contributed by atoms with van der Waals surface area (Å²) in [5, 5.41) is 3.04. The molecule has 1 aromatic heterocycles. The third-order valence-corrected chi connectivity index (χ3v) is 6.67. The van der Waals surface area contributed by atoms with Gasteiger partial charge in [0.15, 0.2) is 0 Å². The van der Waals surface area contributed by atoms with Crippen LogP contribution in [0.4, 0.5) is 20.7 Å². The second-order valence-electron chi connectivity index (χ2n) is 9.54. The van der Waals surface area contributed by atoms with Crippen LogP contribution in [0, 0.1) is 19.7 Å². The number of nitrogens with zero attached hydrogens (tertiary/aromatic N) is 3. The van der Waals surface area contributed by atoms with Gasteiger partial charge >= 0.3 is 6.09 Å². The summed E-state index contributed by atoms with van der Waals surface area (Å²) >= 11 is 0. The van der Waals surface area contributed by atoms with E-state index in [1.807, 2.05) is 31.7 Å². The van der Waals surface area contributed by atoms with Crippen molar-refractivity contribution in [3.05, 3.63) is 41.5 Å². The summed E-state index contributed by atoms with van der Waals surface area (Å²) in [4.78, 5) is 23.2.